The summed E-state index contributed by atoms with van der Waals surface area (Å²) in [6.07, 6.45) is 1.33. The van der Waals surface area contributed by atoms with Crippen LogP contribution in [0.5, 0.6) is 5.75 Å². The highest BCUT2D eigenvalue weighted by Gasteiger charge is 2.18. The molecule has 8 nitrogen and oxygen atoms in total. The number of methoxy groups -OCH3 is 1. The van der Waals surface area contributed by atoms with Crippen LogP contribution in [0.2, 0.25) is 0 Å². The number of rotatable bonds is 7. The monoisotopic (exact) mass is 463 g/mol. The molecule has 0 unspecified atom stereocenters. The molecule has 0 bridgehead atoms. The van der Waals surface area contributed by atoms with Crippen molar-refractivity contribution >= 4 is 32.5 Å². The molecule has 168 valence electrons. The Morgan fingerprint density at radius 2 is 1.79 bits per heavy atom. The van der Waals surface area contributed by atoms with Crippen LogP contribution in [-0.4, -0.2) is 26.4 Å². The highest BCUT2D eigenvalue weighted by atomic mass is 32.2. The number of nitrogens with one attached hydrogen (secondary N) is 3. The summed E-state index contributed by atoms with van der Waals surface area (Å²) in [6.45, 7) is 0.260. The topological polar surface area (TPSA) is 117 Å². The summed E-state index contributed by atoms with van der Waals surface area (Å²) in [5.74, 6) is -0.0546. The molecule has 1 heterocycles. The van der Waals surface area contributed by atoms with Crippen LogP contribution in [0.1, 0.15) is 15.9 Å². The molecule has 1 aromatic heterocycles. The van der Waals surface area contributed by atoms with Gasteiger partial charge in [0.2, 0.25) is 5.43 Å². The Morgan fingerprint density at radius 1 is 1.00 bits per heavy atom. The Bertz CT molecular complexity index is 1480. The summed E-state index contributed by atoms with van der Waals surface area (Å²) in [4.78, 5) is 28.4. The average molecular weight is 464 g/mol. The summed E-state index contributed by atoms with van der Waals surface area (Å²) in [7, 11) is -2.50. The fourth-order valence-corrected chi connectivity index (χ4v) is 4.38. The average Bonchev–Trinajstić information content (AvgIpc) is 2.83. The summed E-state index contributed by atoms with van der Waals surface area (Å²) < 4.78 is 33.4. The van der Waals surface area contributed by atoms with Crippen LogP contribution in [-0.2, 0) is 16.6 Å². The lowest BCUT2D eigenvalue weighted by atomic mass is 10.1. The number of carbonyl (C=O) groups is 1. The molecule has 0 aliphatic heterocycles. The maximum atomic E-state index is 13.0. The first-order valence-corrected chi connectivity index (χ1v) is 11.5. The number of aromatic nitrogens is 1. The maximum absolute atomic E-state index is 13.0. The molecule has 0 saturated carbocycles. The van der Waals surface area contributed by atoms with E-state index in [4.69, 9.17) is 4.74 Å². The molecule has 3 aromatic carbocycles. The molecule has 33 heavy (non-hydrogen) atoms. The number of aromatic amines is 1. The van der Waals surface area contributed by atoms with Crippen LogP contribution < -0.4 is 20.2 Å². The lowest BCUT2D eigenvalue weighted by Gasteiger charge is -2.10. The van der Waals surface area contributed by atoms with E-state index in [0.29, 0.717) is 17.0 Å². The van der Waals surface area contributed by atoms with Crippen molar-refractivity contribution < 1.29 is 17.9 Å². The zero-order valence-corrected chi connectivity index (χ0v) is 18.5. The number of carbonyl (C=O) groups excluding carboxylic acids is 1. The van der Waals surface area contributed by atoms with Gasteiger partial charge in [0, 0.05) is 29.7 Å². The number of sulfonamides is 1. The van der Waals surface area contributed by atoms with Crippen molar-refractivity contribution in [1.29, 1.82) is 0 Å². The van der Waals surface area contributed by atoms with E-state index >= 15 is 0 Å². The molecule has 3 N–H and O–H groups in total. The molecular formula is C24H21N3O5S. The molecule has 4 rings (SSSR count). The minimum absolute atomic E-state index is 0.0934. The first-order chi connectivity index (χ1) is 15.9. The molecule has 0 saturated heterocycles. The van der Waals surface area contributed by atoms with Gasteiger partial charge in [0.05, 0.1) is 17.7 Å². The lowest BCUT2D eigenvalue weighted by molar-refractivity contribution is 0.0949. The number of pyridine rings is 1. The predicted octanol–water partition coefficient (Wildman–Crippen LogP) is 3.27. The van der Waals surface area contributed by atoms with Crippen LogP contribution in [0.4, 0.5) is 5.69 Å². The molecule has 1 amide bonds. The Balaban J connectivity index is 1.63. The van der Waals surface area contributed by atoms with Gasteiger partial charge in [-0.2, -0.15) is 0 Å². The second kappa shape index (κ2) is 9.17. The van der Waals surface area contributed by atoms with Gasteiger partial charge in [-0.3, -0.25) is 14.3 Å². The minimum Gasteiger partial charge on any atom is -0.497 e. The summed E-state index contributed by atoms with van der Waals surface area (Å²) >= 11 is 0. The standard InChI is InChI=1S/C24H21N3O5S/c1-32-18-9-5-8-17(12-18)27-33(30,31)19-10-11-22-20(13-19)23(28)21(15-25-22)24(29)26-14-16-6-3-2-4-7-16/h2-13,15,27H,14H2,1H3,(H,25,28)(H,26,29). The number of ether oxygens (including phenoxy) is 1. The SMILES string of the molecule is COc1cccc(NS(=O)(=O)c2ccc3[nH]cc(C(=O)NCc4ccccc4)c(=O)c3c2)c1. The van der Waals surface area contributed by atoms with Gasteiger partial charge in [0.15, 0.2) is 0 Å². The third-order valence-corrected chi connectivity index (χ3v) is 6.40. The summed E-state index contributed by atoms with van der Waals surface area (Å²) in [5, 5.41) is 2.80. The van der Waals surface area contributed by atoms with Gasteiger partial charge in [-0.1, -0.05) is 36.4 Å². The normalized spacial score (nSPS) is 11.2. The number of benzene rings is 3. The quantitative estimate of drug-likeness (QED) is 0.389. The van der Waals surface area contributed by atoms with Crippen molar-refractivity contribution in [1.82, 2.24) is 10.3 Å². The van der Waals surface area contributed by atoms with E-state index in [-0.39, 0.29) is 22.4 Å². The molecule has 0 aliphatic carbocycles. The number of H-pyrrole nitrogens is 1. The van der Waals surface area contributed by atoms with Gasteiger partial charge in [0.25, 0.3) is 15.9 Å². The van der Waals surface area contributed by atoms with Crippen molar-refractivity contribution in [2.24, 2.45) is 0 Å². The molecule has 0 radical (unpaired) electrons. The van der Waals surface area contributed by atoms with E-state index in [2.05, 4.69) is 15.0 Å². The number of hydrogen-bond donors (Lipinski definition) is 3. The molecule has 0 fully saturated rings. The number of fused-ring (bicyclic) bond motifs is 1. The first-order valence-electron chi connectivity index (χ1n) is 10.0. The van der Waals surface area contributed by atoms with Crippen LogP contribution in [0.25, 0.3) is 10.9 Å². The Labute approximate surface area is 190 Å². The Morgan fingerprint density at radius 3 is 2.55 bits per heavy atom. The fourth-order valence-electron chi connectivity index (χ4n) is 3.31. The molecular weight excluding hydrogens is 442 g/mol. The third-order valence-electron chi connectivity index (χ3n) is 5.03. The molecule has 4 aromatic rings. The molecule has 0 aliphatic rings. The lowest BCUT2D eigenvalue weighted by Crippen LogP contribution is -2.28. The van der Waals surface area contributed by atoms with Crippen LogP contribution in [0.3, 0.4) is 0 Å². The van der Waals surface area contributed by atoms with Gasteiger partial charge >= 0.3 is 0 Å². The predicted molar refractivity (Wildman–Crippen MR) is 126 cm³/mol. The van der Waals surface area contributed by atoms with Gasteiger partial charge in [-0.15, -0.1) is 0 Å². The van der Waals surface area contributed by atoms with E-state index in [9.17, 15) is 18.0 Å². The van der Waals surface area contributed by atoms with Crippen molar-refractivity contribution in [2.45, 2.75) is 11.4 Å². The third kappa shape index (κ3) is 4.88. The first kappa shape index (κ1) is 22.1. The molecule has 0 spiro atoms. The zero-order chi connectivity index (χ0) is 23.4. The van der Waals surface area contributed by atoms with E-state index in [0.717, 1.165) is 5.56 Å². The number of anilines is 1. The maximum Gasteiger partial charge on any atom is 0.261 e. The van der Waals surface area contributed by atoms with Crippen molar-refractivity contribution in [2.75, 3.05) is 11.8 Å². The van der Waals surface area contributed by atoms with E-state index in [1.54, 1.807) is 24.3 Å². The zero-order valence-electron chi connectivity index (χ0n) is 17.7. The van der Waals surface area contributed by atoms with Crippen LogP contribution in [0, 0.1) is 0 Å². The highest BCUT2D eigenvalue weighted by Crippen LogP contribution is 2.22. The van der Waals surface area contributed by atoms with E-state index in [1.165, 1.54) is 31.5 Å². The fraction of sp³-hybridized carbons (Fsp3) is 0.0833. The van der Waals surface area contributed by atoms with Gasteiger partial charge < -0.3 is 15.0 Å². The largest absolute Gasteiger partial charge is 0.497 e. The van der Waals surface area contributed by atoms with Crippen molar-refractivity contribution in [3.05, 3.63) is 100 Å². The second-order valence-electron chi connectivity index (χ2n) is 7.24. The number of hydrogen-bond acceptors (Lipinski definition) is 5. The van der Waals surface area contributed by atoms with Gasteiger partial charge in [-0.25, -0.2) is 8.42 Å². The minimum atomic E-state index is -3.98. The van der Waals surface area contributed by atoms with E-state index < -0.39 is 21.4 Å². The van der Waals surface area contributed by atoms with Crippen molar-refractivity contribution in [3.63, 3.8) is 0 Å². The summed E-state index contributed by atoms with van der Waals surface area (Å²) in [6, 6.07) is 19.9. The number of amides is 1. The highest BCUT2D eigenvalue weighted by molar-refractivity contribution is 7.92. The summed E-state index contributed by atoms with van der Waals surface area (Å²) in [5.41, 5.74) is 0.957. The van der Waals surface area contributed by atoms with Crippen LogP contribution >= 0.6 is 0 Å². The molecule has 0 atom stereocenters. The van der Waals surface area contributed by atoms with Crippen LogP contribution in [0.15, 0.2) is 88.7 Å². The Kier molecular flexibility index (Phi) is 6.14. The second-order valence-corrected chi connectivity index (χ2v) is 8.93. The van der Waals surface area contributed by atoms with Gasteiger partial charge in [0.1, 0.15) is 11.3 Å². The van der Waals surface area contributed by atoms with E-state index in [1.807, 2.05) is 30.3 Å². The smallest absolute Gasteiger partial charge is 0.261 e. The molecule has 9 heteroatoms. The van der Waals surface area contributed by atoms with Crippen molar-refractivity contribution in [3.8, 4) is 5.75 Å². The van der Waals surface area contributed by atoms with Gasteiger partial charge in [-0.05, 0) is 35.9 Å². The Hall–Kier alpha value is -4.11.